The minimum Gasteiger partial charge on any atom is -0.465 e. The topological polar surface area (TPSA) is 84.5 Å². The molecule has 0 radical (unpaired) electrons. The van der Waals surface area contributed by atoms with E-state index in [4.69, 9.17) is 4.74 Å². The van der Waals surface area contributed by atoms with Crippen LogP contribution in [0, 0.1) is 13.8 Å². The lowest BCUT2D eigenvalue weighted by atomic mass is 10.1. The third kappa shape index (κ3) is 6.40. The fourth-order valence-corrected chi connectivity index (χ4v) is 3.83. The van der Waals surface area contributed by atoms with Crippen molar-refractivity contribution in [2.75, 3.05) is 39.6 Å². The average Bonchev–Trinajstić information content (AvgIpc) is 3.00. The summed E-state index contributed by atoms with van der Waals surface area (Å²) in [5.41, 5.74) is 3.45. The number of anilines is 1. The number of carbonyl (C=O) groups is 3. The third-order valence-electron chi connectivity index (χ3n) is 4.49. The molecular weight excluding hydrogens is 390 g/mol. The first-order valence-corrected chi connectivity index (χ1v) is 10.1. The first kappa shape index (κ1) is 22.6. The van der Waals surface area contributed by atoms with Crippen LogP contribution in [0.15, 0.2) is 29.6 Å². The van der Waals surface area contributed by atoms with E-state index < -0.39 is 5.97 Å². The molecule has 0 bridgehead atoms. The van der Waals surface area contributed by atoms with Gasteiger partial charge in [-0.2, -0.15) is 0 Å². The lowest BCUT2D eigenvalue weighted by molar-refractivity contribution is -0.874. The van der Waals surface area contributed by atoms with Crippen molar-refractivity contribution in [1.29, 1.82) is 0 Å². The van der Waals surface area contributed by atoms with Crippen molar-refractivity contribution in [3.05, 3.63) is 51.2 Å². The molecule has 0 aliphatic heterocycles. The molecule has 7 nitrogen and oxygen atoms in total. The molecule has 8 heteroatoms. The average molecular weight is 419 g/mol. The standard InChI is InChI=1S/C21H27N3O4S/c1-14-8-6-7-9-16(14)10-22-17(25)11-24(3,4)12-18(26)23-19-15(2)13-29-20(19)21(27)28-5/h6-9,13H,10-12H2,1-5H3,(H-,22,23,25,26,27)/p+1. The van der Waals surface area contributed by atoms with E-state index in [1.54, 1.807) is 5.38 Å². The Kier molecular flexibility index (Phi) is 7.53. The zero-order valence-corrected chi connectivity index (χ0v) is 18.3. The summed E-state index contributed by atoms with van der Waals surface area (Å²) in [4.78, 5) is 37.1. The number of amides is 2. The number of likely N-dealkylation sites (N-methyl/N-ethyl adjacent to an activating group) is 1. The number of esters is 1. The van der Waals surface area contributed by atoms with Crippen LogP contribution in [0.1, 0.15) is 26.4 Å². The van der Waals surface area contributed by atoms with Crippen molar-refractivity contribution in [1.82, 2.24) is 5.32 Å². The highest BCUT2D eigenvalue weighted by atomic mass is 32.1. The minimum atomic E-state index is -0.484. The van der Waals surface area contributed by atoms with Gasteiger partial charge in [0.25, 0.3) is 11.8 Å². The molecule has 29 heavy (non-hydrogen) atoms. The smallest absolute Gasteiger partial charge is 0.350 e. The summed E-state index contributed by atoms with van der Waals surface area (Å²) in [5, 5.41) is 7.49. The Morgan fingerprint density at radius 1 is 1.03 bits per heavy atom. The maximum atomic E-state index is 12.5. The number of hydrogen-bond acceptors (Lipinski definition) is 5. The summed E-state index contributed by atoms with van der Waals surface area (Å²) >= 11 is 1.23. The lowest BCUT2D eigenvalue weighted by Gasteiger charge is -2.28. The van der Waals surface area contributed by atoms with E-state index in [1.807, 2.05) is 52.2 Å². The maximum Gasteiger partial charge on any atom is 0.350 e. The minimum absolute atomic E-state index is 0.0910. The zero-order chi connectivity index (χ0) is 21.6. The van der Waals surface area contributed by atoms with E-state index in [1.165, 1.54) is 18.4 Å². The van der Waals surface area contributed by atoms with E-state index in [0.717, 1.165) is 16.7 Å². The number of hydrogen-bond donors (Lipinski definition) is 2. The SMILES string of the molecule is COC(=O)c1scc(C)c1NC(=O)C[N+](C)(C)CC(=O)NCc1ccccc1C. The Hall–Kier alpha value is -2.71. The van der Waals surface area contributed by atoms with Crippen LogP contribution in [-0.4, -0.2) is 56.6 Å². The molecule has 0 saturated heterocycles. The second kappa shape index (κ2) is 9.67. The van der Waals surface area contributed by atoms with Crippen LogP contribution in [0.3, 0.4) is 0 Å². The molecule has 0 atom stereocenters. The Bertz CT molecular complexity index is 905. The van der Waals surface area contributed by atoms with Gasteiger partial charge in [0.15, 0.2) is 13.1 Å². The molecule has 2 amide bonds. The molecule has 2 aromatic rings. The van der Waals surface area contributed by atoms with Crippen LogP contribution in [0.4, 0.5) is 5.69 Å². The largest absolute Gasteiger partial charge is 0.465 e. The molecule has 0 spiro atoms. The van der Waals surface area contributed by atoms with Gasteiger partial charge in [-0.05, 0) is 35.9 Å². The Morgan fingerprint density at radius 3 is 2.34 bits per heavy atom. The van der Waals surface area contributed by atoms with E-state index in [9.17, 15) is 14.4 Å². The van der Waals surface area contributed by atoms with Crippen LogP contribution in [0.25, 0.3) is 0 Å². The third-order valence-corrected chi connectivity index (χ3v) is 5.57. The predicted octanol–water partition coefficient (Wildman–Crippen LogP) is 2.48. The lowest BCUT2D eigenvalue weighted by Crippen LogP contribution is -2.51. The monoisotopic (exact) mass is 418 g/mol. The van der Waals surface area contributed by atoms with Crippen molar-refractivity contribution in [3.8, 4) is 0 Å². The Morgan fingerprint density at radius 2 is 1.69 bits per heavy atom. The zero-order valence-electron chi connectivity index (χ0n) is 17.5. The molecule has 0 aliphatic carbocycles. The number of methoxy groups -OCH3 is 1. The highest BCUT2D eigenvalue weighted by molar-refractivity contribution is 7.12. The summed E-state index contributed by atoms with van der Waals surface area (Å²) in [6.45, 7) is 4.52. The Labute approximate surface area is 175 Å². The van der Waals surface area contributed by atoms with E-state index in [2.05, 4.69) is 10.6 Å². The molecule has 1 heterocycles. The molecule has 2 N–H and O–H groups in total. The number of carbonyl (C=O) groups excluding carboxylic acids is 3. The van der Waals surface area contributed by atoms with Crippen molar-refractivity contribution in [2.45, 2.75) is 20.4 Å². The van der Waals surface area contributed by atoms with Gasteiger partial charge >= 0.3 is 5.97 Å². The molecule has 156 valence electrons. The Balaban J connectivity index is 1.92. The summed E-state index contributed by atoms with van der Waals surface area (Å²) in [6, 6.07) is 7.87. The van der Waals surface area contributed by atoms with E-state index >= 15 is 0 Å². The number of benzene rings is 1. The summed E-state index contributed by atoms with van der Waals surface area (Å²) in [6.07, 6.45) is 0. The van der Waals surface area contributed by atoms with Crippen LogP contribution in [-0.2, 0) is 20.9 Å². The fourth-order valence-electron chi connectivity index (χ4n) is 2.91. The van der Waals surface area contributed by atoms with Gasteiger partial charge < -0.3 is 19.9 Å². The molecule has 2 rings (SSSR count). The maximum absolute atomic E-state index is 12.5. The van der Waals surface area contributed by atoms with Crippen molar-refractivity contribution < 1.29 is 23.6 Å². The number of rotatable bonds is 8. The molecule has 1 aromatic carbocycles. The molecular formula is C21H28N3O4S+. The molecule has 0 unspecified atom stereocenters. The number of quaternary nitrogens is 1. The van der Waals surface area contributed by atoms with Crippen LogP contribution in [0.2, 0.25) is 0 Å². The van der Waals surface area contributed by atoms with Crippen molar-refractivity contribution >= 4 is 34.8 Å². The van der Waals surface area contributed by atoms with Gasteiger partial charge in [0.2, 0.25) is 0 Å². The molecule has 1 aromatic heterocycles. The first-order valence-electron chi connectivity index (χ1n) is 9.22. The van der Waals surface area contributed by atoms with Gasteiger partial charge in [0.05, 0.1) is 26.9 Å². The molecule has 0 aliphatic rings. The van der Waals surface area contributed by atoms with Crippen LogP contribution < -0.4 is 10.6 Å². The predicted molar refractivity (Wildman–Crippen MR) is 114 cm³/mol. The number of nitrogens with one attached hydrogen (secondary N) is 2. The quantitative estimate of drug-likeness (QED) is 0.510. The van der Waals surface area contributed by atoms with Gasteiger partial charge in [0, 0.05) is 6.54 Å². The summed E-state index contributed by atoms with van der Waals surface area (Å²) in [5.74, 6) is -0.885. The van der Waals surface area contributed by atoms with Gasteiger partial charge in [-0.25, -0.2) is 4.79 Å². The van der Waals surface area contributed by atoms with Crippen LogP contribution in [0.5, 0.6) is 0 Å². The van der Waals surface area contributed by atoms with Gasteiger partial charge in [-0.15, -0.1) is 11.3 Å². The van der Waals surface area contributed by atoms with Crippen molar-refractivity contribution in [2.24, 2.45) is 0 Å². The first-order chi connectivity index (χ1) is 13.6. The number of thiophene rings is 1. The highest BCUT2D eigenvalue weighted by Crippen LogP contribution is 2.28. The van der Waals surface area contributed by atoms with E-state index in [-0.39, 0.29) is 29.4 Å². The number of nitrogens with zero attached hydrogens (tertiary/aromatic N) is 1. The summed E-state index contributed by atoms with van der Waals surface area (Å²) in [7, 11) is 4.93. The van der Waals surface area contributed by atoms with Gasteiger partial charge in [-0.1, -0.05) is 24.3 Å². The number of aryl methyl sites for hydroxylation is 2. The van der Waals surface area contributed by atoms with Crippen molar-refractivity contribution in [3.63, 3.8) is 0 Å². The molecule has 0 fully saturated rings. The highest BCUT2D eigenvalue weighted by Gasteiger charge is 2.26. The van der Waals surface area contributed by atoms with Gasteiger partial charge in [0.1, 0.15) is 4.88 Å². The summed E-state index contributed by atoms with van der Waals surface area (Å²) < 4.78 is 4.94. The second-order valence-corrected chi connectivity index (χ2v) is 8.50. The molecule has 0 saturated carbocycles. The number of ether oxygens (including phenoxy) is 1. The van der Waals surface area contributed by atoms with Crippen LogP contribution >= 0.6 is 11.3 Å². The fraction of sp³-hybridized carbons (Fsp3) is 0.381. The normalized spacial score (nSPS) is 11.1. The van der Waals surface area contributed by atoms with E-state index in [0.29, 0.717) is 17.1 Å². The van der Waals surface area contributed by atoms with Gasteiger partial charge in [-0.3, -0.25) is 9.59 Å². The second-order valence-electron chi connectivity index (χ2n) is 7.62.